The summed E-state index contributed by atoms with van der Waals surface area (Å²) in [6, 6.07) is 0.935. The number of ether oxygens (including phenoxy) is 1. The molecule has 2 unspecified atom stereocenters. The van der Waals surface area contributed by atoms with E-state index >= 15 is 0 Å². The second kappa shape index (κ2) is 6.53. The largest absolute Gasteiger partial charge is 0.468 e. The molecule has 0 aromatic rings. The molecule has 2 N–H and O–H groups in total. The second-order valence-electron chi connectivity index (χ2n) is 5.92. The molecule has 0 heterocycles. The number of methoxy groups -OCH3 is 1. The average Bonchev–Trinajstić information content (AvgIpc) is 2.37. The van der Waals surface area contributed by atoms with Crippen molar-refractivity contribution in [2.45, 2.75) is 70.0 Å². The van der Waals surface area contributed by atoms with Crippen LogP contribution in [0.5, 0.6) is 0 Å². The Morgan fingerprint density at radius 2 is 2.00 bits per heavy atom. The third-order valence-corrected chi connectivity index (χ3v) is 4.22. The van der Waals surface area contributed by atoms with Crippen molar-refractivity contribution < 1.29 is 9.53 Å². The van der Waals surface area contributed by atoms with Crippen LogP contribution >= 0.6 is 0 Å². The summed E-state index contributed by atoms with van der Waals surface area (Å²) in [6.45, 7) is 3.90. The molecule has 1 fully saturated rings. The van der Waals surface area contributed by atoms with Crippen molar-refractivity contribution in [3.8, 4) is 0 Å². The van der Waals surface area contributed by atoms with Crippen LogP contribution in [0.25, 0.3) is 0 Å². The van der Waals surface area contributed by atoms with Crippen LogP contribution in [0.2, 0.25) is 0 Å². The highest BCUT2D eigenvalue weighted by molar-refractivity contribution is 5.79. The first kappa shape index (κ1) is 15.4. The van der Waals surface area contributed by atoms with Gasteiger partial charge < -0.3 is 15.4 Å². The minimum atomic E-state index is -0.892. The van der Waals surface area contributed by atoms with Crippen molar-refractivity contribution in [2.24, 2.45) is 5.73 Å². The van der Waals surface area contributed by atoms with Gasteiger partial charge in [0.05, 0.1) is 7.11 Å². The highest BCUT2D eigenvalue weighted by atomic mass is 16.5. The van der Waals surface area contributed by atoms with Gasteiger partial charge in [-0.15, -0.1) is 0 Å². The summed E-state index contributed by atoms with van der Waals surface area (Å²) in [5, 5.41) is 0. The fourth-order valence-corrected chi connectivity index (χ4v) is 2.92. The molecule has 0 spiro atoms. The first-order chi connectivity index (χ1) is 8.38. The Morgan fingerprint density at radius 3 is 2.50 bits per heavy atom. The molecule has 0 amide bonds. The molecule has 0 aromatic heterocycles. The van der Waals surface area contributed by atoms with Crippen molar-refractivity contribution in [2.75, 3.05) is 14.2 Å². The molecule has 4 nitrogen and oxygen atoms in total. The summed E-state index contributed by atoms with van der Waals surface area (Å²) in [5.41, 5.74) is 5.15. The van der Waals surface area contributed by atoms with Crippen molar-refractivity contribution in [3.05, 3.63) is 0 Å². The fourth-order valence-electron chi connectivity index (χ4n) is 2.92. The maximum Gasteiger partial charge on any atom is 0.325 e. The van der Waals surface area contributed by atoms with Gasteiger partial charge in [0.2, 0.25) is 0 Å². The van der Waals surface area contributed by atoms with Gasteiger partial charge in [-0.05, 0) is 40.2 Å². The van der Waals surface area contributed by atoms with Gasteiger partial charge in [0.15, 0.2) is 0 Å². The highest BCUT2D eigenvalue weighted by Gasteiger charge is 2.33. The summed E-state index contributed by atoms with van der Waals surface area (Å²) in [4.78, 5) is 14.0. The van der Waals surface area contributed by atoms with Crippen LogP contribution in [0, 0.1) is 0 Å². The van der Waals surface area contributed by atoms with Gasteiger partial charge >= 0.3 is 5.97 Å². The number of hydrogen-bond acceptors (Lipinski definition) is 4. The molecule has 0 aromatic carbocycles. The smallest absolute Gasteiger partial charge is 0.325 e. The molecule has 18 heavy (non-hydrogen) atoms. The van der Waals surface area contributed by atoms with Crippen LogP contribution in [0.3, 0.4) is 0 Å². The lowest BCUT2D eigenvalue weighted by Gasteiger charge is -2.38. The van der Waals surface area contributed by atoms with Crippen molar-refractivity contribution >= 4 is 5.97 Å². The number of rotatable bonds is 5. The number of nitrogens with zero attached hydrogens (tertiary/aromatic N) is 1. The van der Waals surface area contributed by atoms with Crippen molar-refractivity contribution in [3.63, 3.8) is 0 Å². The normalized spacial score (nSPS) is 22.6. The molecular weight excluding hydrogens is 228 g/mol. The van der Waals surface area contributed by atoms with Crippen LogP contribution in [-0.2, 0) is 9.53 Å². The van der Waals surface area contributed by atoms with E-state index in [4.69, 9.17) is 10.5 Å². The predicted molar refractivity (Wildman–Crippen MR) is 73.3 cm³/mol. The number of carbonyl (C=O) groups excluding carboxylic acids is 1. The van der Waals surface area contributed by atoms with E-state index in [0.717, 1.165) is 0 Å². The monoisotopic (exact) mass is 256 g/mol. The highest BCUT2D eigenvalue weighted by Crippen LogP contribution is 2.25. The van der Waals surface area contributed by atoms with E-state index in [-0.39, 0.29) is 5.97 Å². The lowest BCUT2D eigenvalue weighted by atomic mass is 9.90. The van der Waals surface area contributed by atoms with E-state index in [1.807, 2.05) is 0 Å². The Hall–Kier alpha value is -0.610. The summed E-state index contributed by atoms with van der Waals surface area (Å²) in [7, 11) is 3.54. The molecule has 0 radical (unpaired) electrons. The Labute approximate surface area is 111 Å². The molecule has 1 saturated carbocycles. The fraction of sp³-hybridized carbons (Fsp3) is 0.929. The SMILES string of the molecule is COC(=O)C(C)(N)CC(C)N(C)C1CCCCC1. The molecule has 1 aliphatic rings. The molecule has 0 aliphatic heterocycles. The van der Waals surface area contributed by atoms with Gasteiger partial charge in [-0.25, -0.2) is 0 Å². The maximum absolute atomic E-state index is 11.6. The topological polar surface area (TPSA) is 55.6 Å². The van der Waals surface area contributed by atoms with E-state index in [9.17, 15) is 4.79 Å². The Balaban J connectivity index is 2.52. The summed E-state index contributed by atoms with van der Waals surface area (Å²) in [5.74, 6) is -0.327. The first-order valence-electron chi connectivity index (χ1n) is 6.97. The van der Waals surface area contributed by atoms with Crippen LogP contribution in [0.4, 0.5) is 0 Å². The summed E-state index contributed by atoms with van der Waals surface area (Å²) >= 11 is 0. The molecule has 4 heteroatoms. The number of esters is 1. The second-order valence-corrected chi connectivity index (χ2v) is 5.92. The minimum absolute atomic E-state index is 0.294. The van der Waals surface area contributed by atoms with Crippen LogP contribution in [0.15, 0.2) is 0 Å². The quantitative estimate of drug-likeness (QED) is 0.764. The maximum atomic E-state index is 11.6. The Bertz CT molecular complexity index is 273. The number of nitrogens with two attached hydrogens (primary N) is 1. The van der Waals surface area contributed by atoms with Gasteiger partial charge in [-0.2, -0.15) is 0 Å². The van der Waals surface area contributed by atoms with Crippen LogP contribution in [0.1, 0.15) is 52.4 Å². The molecule has 1 rings (SSSR count). The average molecular weight is 256 g/mol. The Kier molecular flexibility index (Phi) is 5.60. The van der Waals surface area contributed by atoms with Gasteiger partial charge in [-0.1, -0.05) is 19.3 Å². The summed E-state index contributed by atoms with van der Waals surface area (Å²) in [6.07, 6.45) is 7.15. The molecule has 106 valence electrons. The lowest BCUT2D eigenvalue weighted by Crippen LogP contribution is -2.51. The molecule has 0 bridgehead atoms. The molecule has 1 aliphatic carbocycles. The molecule has 2 atom stereocenters. The van der Waals surface area contributed by atoms with Crippen LogP contribution in [-0.4, -0.2) is 42.6 Å². The van der Waals surface area contributed by atoms with Gasteiger partial charge in [0.25, 0.3) is 0 Å². The minimum Gasteiger partial charge on any atom is -0.468 e. The summed E-state index contributed by atoms with van der Waals surface area (Å²) < 4.78 is 4.76. The molecule has 0 saturated heterocycles. The van der Waals surface area contributed by atoms with Gasteiger partial charge in [0.1, 0.15) is 5.54 Å². The first-order valence-corrected chi connectivity index (χ1v) is 6.97. The number of carbonyl (C=O) groups is 1. The van der Waals surface area contributed by atoms with Crippen LogP contribution < -0.4 is 5.73 Å². The standard InChI is InChI=1S/C14H28N2O2/c1-11(10-14(2,15)13(17)18-4)16(3)12-8-6-5-7-9-12/h11-12H,5-10,15H2,1-4H3. The van der Waals surface area contributed by atoms with E-state index in [1.165, 1.54) is 39.2 Å². The van der Waals surface area contributed by atoms with E-state index in [0.29, 0.717) is 18.5 Å². The van der Waals surface area contributed by atoms with Gasteiger partial charge in [-0.3, -0.25) is 4.79 Å². The number of hydrogen-bond donors (Lipinski definition) is 1. The van der Waals surface area contributed by atoms with E-state index in [2.05, 4.69) is 18.9 Å². The van der Waals surface area contributed by atoms with Gasteiger partial charge in [0, 0.05) is 12.1 Å². The zero-order valence-corrected chi connectivity index (χ0v) is 12.2. The van der Waals surface area contributed by atoms with Crippen molar-refractivity contribution in [1.29, 1.82) is 0 Å². The third kappa shape index (κ3) is 3.95. The van der Waals surface area contributed by atoms with Crippen molar-refractivity contribution in [1.82, 2.24) is 4.90 Å². The Morgan fingerprint density at radius 1 is 1.44 bits per heavy atom. The zero-order valence-electron chi connectivity index (χ0n) is 12.2. The zero-order chi connectivity index (χ0) is 13.8. The van der Waals surface area contributed by atoms with E-state index < -0.39 is 5.54 Å². The lowest BCUT2D eigenvalue weighted by molar-refractivity contribution is -0.147. The third-order valence-electron chi connectivity index (χ3n) is 4.22. The predicted octanol–water partition coefficient (Wildman–Crippen LogP) is 1.92. The van der Waals surface area contributed by atoms with E-state index in [1.54, 1.807) is 6.92 Å². The molecular formula is C14H28N2O2.